The van der Waals surface area contributed by atoms with Crippen molar-refractivity contribution in [2.75, 3.05) is 11.4 Å². The van der Waals surface area contributed by atoms with Gasteiger partial charge in [0, 0.05) is 17.5 Å². The third kappa shape index (κ3) is 4.46. The number of hydrogen-bond donors (Lipinski definition) is 0. The van der Waals surface area contributed by atoms with E-state index in [0.717, 1.165) is 43.1 Å². The number of carbonyl (C=O) groups is 1. The summed E-state index contributed by atoms with van der Waals surface area (Å²) in [5, 5.41) is 1.31. The predicted molar refractivity (Wildman–Crippen MR) is 108 cm³/mol. The van der Waals surface area contributed by atoms with Gasteiger partial charge in [-0.3, -0.25) is 4.79 Å². The highest BCUT2D eigenvalue weighted by Gasteiger charge is 2.36. The first-order chi connectivity index (χ1) is 12.2. The van der Waals surface area contributed by atoms with E-state index in [2.05, 4.69) is 48.0 Å². The topological polar surface area (TPSA) is 32.7 Å². The molecule has 25 heavy (non-hydrogen) atoms. The van der Waals surface area contributed by atoms with Crippen molar-refractivity contribution in [3.8, 4) is 0 Å². The van der Waals surface area contributed by atoms with Gasteiger partial charge >= 0.3 is 0 Å². The summed E-state index contributed by atoms with van der Waals surface area (Å²) < 4.78 is 0. The lowest BCUT2D eigenvalue weighted by Crippen LogP contribution is -2.39. The number of benzene rings is 1. The monoisotopic (exact) mass is 358 g/mol. The number of thioether (sulfide) groups is 1. The quantitative estimate of drug-likeness (QED) is 0.719. The number of carbonyl (C=O) groups excluding carboxylic acids is 1. The summed E-state index contributed by atoms with van der Waals surface area (Å²) in [6.45, 7) is 5.18. The Morgan fingerprint density at radius 2 is 1.80 bits per heavy atom. The van der Waals surface area contributed by atoms with E-state index in [1.807, 2.05) is 11.8 Å². The Morgan fingerprint density at radius 1 is 1.08 bits per heavy atom. The second-order valence-corrected chi connectivity index (χ2v) is 8.35. The maximum absolute atomic E-state index is 12.7. The number of anilines is 1. The van der Waals surface area contributed by atoms with E-state index in [9.17, 15) is 4.79 Å². The zero-order chi connectivity index (χ0) is 17.6. The molecule has 0 bridgehead atoms. The summed E-state index contributed by atoms with van der Waals surface area (Å²) in [5.74, 6) is 0.251. The van der Waals surface area contributed by atoms with Crippen LogP contribution in [0.4, 0.5) is 5.69 Å². The van der Waals surface area contributed by atoms with Gasteiger partial charge in [-0.15, -0.1) is 0 Å². The smallest absolute Gasteiger partial charge is 0.252 e. The molecule has 0 saturated heterocycles. The fourth-order valence-corrected chi connectivity index (χ4v) is 5.37. The summed E-state index contributed by atoms with van der Waals surface area (Å²) in [5.41, 5.74) is 2.52. The minimum Gasteiger partial charge on any atom is -0.321 e. The number of rotatable bonds is 4. The molecule has 1 aliphatic carbocycles. The number of hydrogen-bond acceptors (Lipinski definition) is 3. The lowest BCUT2D eigenvalue weighted by Gasteiger charge is -2.34. The minimum atomic E-state index is 0.113. The lowest BCUT2D eigenvalue weighted by atomic mass is 9.90. The van der Waals surface area contributed by atoms with E-state index in [1.54, 1.807) is 0 Å². The van der Waals surface area contributed by atoms with E-state index in [0.29, 0.717) is 5.25 Å². The number of fused-ring (bicyclic) bond motifs is 1. The molecule has 1 saturated carbocycles. The molecule has 1 amide bonds. The summed E-state index contributed by atoms with van der Waals surface area (Å²) in [4.78, 5) is 19.4. The molecule has 1 aliphatic heterocycles. The van der Waals surface area contributed by atoms with Crippen LogP contribution in [-0.4, -0.2) is 22.9 Å². The Balaban J connectivity index is 1.80. The van der Waals surface area contributed by atoms with Crippen LogP contribution in [0.2, 0.25) is 0 Å². The molecule has 0 radical (unpaired) electrons. The third-order valence-corrected chi connectivity index (χ3v) is 6.71. The number of amides is 1. The van der Waals surface area contributed by atoms with Gasteiger partial charge in [-0.1, -0.05) is 62.9 Å². The summed E-state index contributed by atoms with van der Waals surface area (Å²) in [6, 6.07) is 8.75. The van der Waals surface area contributed by atoms with E-state index in [-0.39, 0.29) is 11.8 Å². The Bertz CT molecular complexity index is 611. The van der Waals surface area contributed by atoms with Gasteiger partial charge in [0.2, 0.25) is 0 Å². The van der Waals surface area contributed by atoms with Crippen LogP contribution >= 0.6 is 11.8 Å². The molecule has 2 unspecified atom stereocenters. The molecule has 0 N–H and O–H groups in total. The Hall–Kier alpha value is -1.29. The molecule has 0 aromatic heterocycles. The molecule has 1 fully saturated rings. The van der Waals surface area contributed by atoms with Crippen molar-refractivity contribution in [1.82, 2.24) is 0 Å². The van der Waals surface area contributed by atoms with Crippen LogP contribution in [0, 0.1) is 5.92 Å². The van der Waals surface area contributed by atoms with E-state index in [4.69, 9.17) is 0 Å². The van der Waals surface area contributed by atoms with Crippen LogP contribution < -0.4 is 4.90 Å². The van der Waals surface area contributed by atoms with Crippen molar-refractivity contribution in [2.24, 2.45) is 10.9 Å². The average Bonchev–Trinajstić information content (AvgIpc) is 2.59. The summed E-state index contributed by atoms with van der Waals surface area (Å²) >= 11 is 1.84. The maximum Gasteiger partial charge on any atom is 0.252 e. The molecule has 136 valence electrons. The van der Waals surface area contributed by atoms with Crippen LogP contribution in [0.5, 0.6) is 0 Å². The normalized spacial score (nSPS) is 24.1. The summed E-state index contributed by atoms with van der Waals surface area (Å²) in [6.07, 6.45) is 9.44. The fourth-order valence-electron chi connectivity index (χ4n) is 3.90. The van der Waals surface area contributed by atoms with Crippen LogP contribution in [0.25, 0.3) is 0 Å². The first-order valence-electron chi connectivity index (χ1n) is 9.88. The van der Waals surface area contributed by atoms with Crippen molar-refractivity contribution in [3.05, 3.63) is 29.8 Å². The average molecular weight is 359 g/mol. The van der Waals surface area contributed by atoms with Crippen LogP contribution in [0.3, 0.4) is 0 Å². The van der Waals surface area contributed by atoms with Crippen molar-refractivity contribution in [2.45, 2.75) is 70.5 Å². The van der Waals surface area contributed by atoms with Crippen LogP contribution in [0.1, 0.15) is 64.4 Å². The molecular weight excluding hydrogens is 328 g/mol. The van der Waals surface area contributed by atoms with Crippen molar-refractivity contribution >= 4 is 28.5 Å². The number of amidine groups is 1. The molecule has 1 heterocycles. The Kier molecular flexibility index (Phi) is 6.57. The lowest BCUT2D eigenvalue weighted by molar-refractivity contribution is -0.122. The maximum atomic E-state index is 12.7. The van der Waals surface area contributed by atoms with Gasteiger partial charge in [0.25, 0.3) is 5.91 Å². The number of aliphatic imine (C=N–C) groups is 1. The highest BCUT2D eigenvalue weighted by atomic mass is 32.2. The fraction of sp³-hybridized carbons (Fsp3) is 0.619. The third-order valence-electron chi connectivity index (χ3n) is 5.32. The molecule has 4 heteroatoms. The zero-order valence-electron chi connectivity index (χ0n) is 15.5. The van der Waals surface area contributed by atoms with Crippen molar-refractivity contribution in [3.63, 3.8) is 0 Å². The Labute approximate surface area is 156 Å². The molecule has 3 nitrogen and oxygen atoms in total. The van der Waals surface area contributed by atoms with Crippen molar-refractivity contribution in [1.29, 1.82) is 0 Å². The van der Waals surface area contributed by atoms with E-state index < -0.39 is 0 Å². The van der Waals surface area contributed by atoms with Gasteiger partial charge in [0.1, 0.15) is 0 Å². The number of nitrogens with zero attached hydrogens (tertiary/aromatic N) is 2. The van der Waals surface area contributed by atoms with E-state index in [1.165, 1.54) is 31.2 Å². The van der Waals surface area contributed by atoms with Crippen LogP contribution in [-0.2, 0) is 11.2 Å². The predicted octanol–water partition coefficient (Wildman–Crippen LogP) is 5.43. The van der Waals surface area contributed by atoms with Gasteiger partial charge < -0.3 is 4.90 Å². The molecule has 1 aromatic carbocycles. The van der Waals surface area contributed by atoms with E-state index >= 15 is 0 Å². The zero-order valence-corrected chi connectivity index (χ0v) is 16.4. The first-order valence-corrected chi connectivity index (χ1v) is 10.8. The first kappa shape index (κ1) is 18.5. The second-order valence-electron chi connectivity index (χ2n) is 7.15. The van der Waals surface area contributed by atoms with Gasteiger partial charge in [0.15, 0.2) is 5.17 Å². The molecular formula is C21H30N2OS. The molecule has 1 aromatic rings. The van der Waals surface area contributed by atoms with Gasteiger partial charge in [-0.05, 0) is 43.9 Å². The molecule has 2 aliphatic rings. The molecule has 2 atom stereocenters. The van der Waals surface area contributed by atoms with Gasteiger partial charge in [-0.25, -0.2) is 0 Å². The second kappa shape index (κ2) is 8.88. The molecule has 3 rings (SSSR count). The van der Waals surface area contributed by atoms with Gasteiger partial charge in [0.05, 0.1) is 5.92 Å². The Morgan fingerprint density at radius 3 is 2.48 bits per heavy atom. The standard InChI is InChI=1S/C21H30N2OS/c1-3-9-16-12-14-17(15-13-16)23(4-2)21-22-20(24)18-10-7-5-6-8-11-19(18)25-21/h12-15,18-19H,3-11H2,1-2H3. The summed E-state index contributed by atoms with van der Waals surface area (Å²) in [7, 11) is 0. The SMILES string of the molecule is CCCc1ccc(N(CC)C2=NC(=O)C3CCCCCCC3S2)cc1. The highest BCUT2D eigenvalue weighted by molar-refractivity contribution is 8.14. The number of aryl methyl sites for hydroxylation is 1. The minimum absolute atomic E-state index is 0.113. The van der Waals surface area contributed by atoms with Crippen LogP contribution in [0.15, 0.2) is 29.3 Å². The largest absolute Gasteiger partial charge is 0.321 e. The highest BCUT2D eigenvalue weighted by Crippen LogP contribution is 2.38. The van der Waals surface area contributed by atoms with Gasteiger partial charge in [-0.2, -0.15) is 4.99 Å². The van der Waals surface area contributed by atoms with Crippen molar-refractivity contribution < 1.29 is 4.79 Å². The molecule has 0 spiro atoms.